The van der Waals surface area contributed by atoms with Crippen LogP contribution in [0.25, 0.3) is 5.78 Å². The van der Waals surface area contributed by atoms with Crippen LogP contribution in [0.2, 0.25) is 0 Å². The molecule has 0 radical (unpaired) electrons. The third-order valence-corrected chi connectivity index (χ3v) is 4.59. The van der Waals surface area contributed by atoms with E-state index < -0.39 is 23.4 Å². The van der Waals surface area contributed by atoms with E-state index in [2.05, 4.69) is 20.4 Å². The minimum atomic E-state index is -4.42. The summed E-state index contributed by atoms with van der Waals surface area (Å²) in [5.74, 6) is 0.922. The maximum Gasteiger partial charge on any atom is 0.416 e. The molecule has 2 heterocycles. The Morgan fingerprint density at radius 3 is 2.17 bits per heavy atom. The SMILES string of the molecule is CC(C)(C)c1cc(NC(c2ccc(C(F)(F)F)cc2)C(C)(C)O)n2ncnc2n1. The van der Waals surface area contributed by atoms with Gasteiger partial charge in [-0.15, -0.1) is 0 Å². The topological polar surface area (TPSA) is 75.3 Å². The first-order chi connectivity index (χ1) is 13.3. The molecule has 9 heteroatoms. The number of alkyl halides is 3. The van der Waals surface area contributed by atoms with Crippen LogP contribution in [0.1, 0.15) is 57.5 Å². The van der Waals surface area contributed by atoms with Gasteiger partial charge in [-0.1, -0.05) is 32.9 Å². The van der Waals surface area contributed by atoms with Crippen molar-refractivity contribution in [2.75, 3.05) is 5.32 Å². The Hall–Kier alpha value is -2.68. The number of nitrogens with zero attached hydrogens (tertiary/aromatic N) is 4. The number of halogens is 3. The maximum absolute atomic E-state index is 12.9. The van der Waals surface area contributed by atoms with E-state index in [1.54, 1.807) is 13.8 Å². The van der Waals surface area contributed by atoms with E-state index in [1.165, 1.54) is 23.0 Å². The minimum Gasteiger partial charge on any atom is -0.388 e. The van der Waals surface area contributed by atoms with Gasteiger partial charge in [0.25, 0.3) is 5.78 Å². The van der Waals surface area contributed by atoms with Crippen molar-refractivity contribution < 1.29 is 18.3 Å². The van der Waals surface area contributed by atoms with Crippen LogP contribution in [0.5, 0.6) is 0 Å². The Balaban J connectivity index is 2.06. The number of aromatic nitrogens is 4. The molecule has 2 N–H and O–H groups in total. The van der Waals surface area contributed by atoms with E-state index in [0.29, 0.717) is 17.2 Å². The van der Waals surface area contributed by atoms with Gasteiger partial charge < -0.3 is 10.4 Å². The normalized spacial score (nSPS) is 14.2. The molecule has 0 spiro atoms. The van der Waals surface area contributed by atoms with Gasteiger partial charge in [0.1, 0.15) is 12.1 Å². The van der Waals surface area contributed by atoms with Gasteiger partial charge in [-0.2, -0.15) is 27.8 Å². The standard InChI is InChI=1S/C20H24F3N5O/c1-18(2,3)14-10-15(28-17(26-14)24-11-25-28)27-16(19(4,5)29)12-6-8-13(9-7-12)20(21,22)23/h6-11,16,27,29H,1-5H3. The lowest BCUT2D eigenvalue weighted by atomic mass is 9.90. The maximum atomic E-state index is 12.9. The van der Waals surface area contributed by atoms with Crippen LogP contribution in [0, 0.1) is 0 Å². The van der Waals surface area contributed by atoms with Crippen LogP contribution in [-0.2, 0) is 11.6 Å². The number of hydrogen-bond acceptors (Lipinski definition) is 5. The lowest BCUT2D eigenvalue weighted by Gasteiger charge is -2.32. The molecule has 2 aromatic heterocycles. The van der Waals surface area contributed by atoms with Gasteiger partial charge in [-0.3, -0.25) is 0 Å². The summed E-state index contributed by atoms with van der Waals surface area (Å²) in [6, 6.07) is 5.85. The first kappa shape index (κ1) is 21.0. The van der Waals surface area contributed by atoms with Gasteiger partial charge in [-0.25, -0.2) is 4.98 Å². The first-order valence-electron chi connectivity index (χ1n) is 9.14. The highest BCUT2D eigenvalue weighted by molar-refractivity contribution is 5.49. The van der Waals surface area contributed by atoms with E-state index in [4.69, 9.17) is 0 Å². The molecule has 0 saturated heterocycles. The van der Waals surface area contributed by atoms with Crippen molar-refractivity contribution in [3.63, 3.8) is 0 Å². The van der Waals surface area contributed by atoms with Gasteiger partial charge in [-0.05, 0) is 31.5 Å². The first-order valence-corrected chi connectivity index (χ1v) is 9.14. The monoisotopic (exact) mass is 407 g/mol. The number of hydrogen-bond donors (Lipinski definition) is 2. The van der Waals surface area contributed by atoms with Crippen molar-refractivity contribution in [2.45, 2.75) is 57.9 Å². The Morgan fingerprint density at radius 2 is 1.66 bits per heavy atom. The minimum absolute atomic E-state index is 0.261. The summed E-state index contributed by atoms with van der Waals surface area (Å²) in [5, 5.41) is 18.1. The fourth-order valence-corrected chi connectivity index (χ4v) is 2.98. The van der Waals surface area contributed by atoms with Crippen molar-refractivity contribution in [2.24, 2.45) is 0 Å². The summed E-state index contributed by atoms with van der Waals surface area (Å²) in [7, 11) is 0. The fraction of sp³-hybridized carbons (Fsp3) is 0.450. The van der Waals surface area contributed by atoms with Gasteiger partial charge >= 0.3 is 6.18 Å². The summed E-state index contributed by atoms with van der Waals surface area (Å²) in [6.45, 7) is 9.21. The highest BCUT2D eigenvalue weighted by Crippen LogP contribution is 2.34. The second kappa shape index (κ2) is 6.98. The van der Waals surface area contributed by atoms with E-state index in [9.17, 15) is 18.3 Å². The van der Waals surface area contributed by atoms with Crippen molar-refractivity contribution in [3.05, 3.63) is 53.5 Å². The molecule has 29 heavy (non-hydrogen) atoms. The van der Waals surface area contributed by atoms with Gasteiger partial charge in [0.15, 0.2) is 0 Å². The summed E-state index contributed by atoms with van der Waals surface area (Å²) in [6.07, 6.45) is -3.05. The zero-order chi connectivity index (χ0) is 21.6. The number of nitrogens with one attached hydrogen (secondary N) is 1. The molecule has 6 nitrogen and oxygen atoms in total. The Morgan fingerprint density at radius 1 is 1.03 bits per heavy atom. The fourth-order valence-electron chi connectivity index (χ4n) is 2.98. The van der Waals surface area contributed by atoms with E-state index in [1.807, 2.05) is 26.8 Å². The zero-order valence-electron chi connectivity index (χ0n) is 16.9. The van der Waals surface area contributed by atoms with Crippen LogP contribution in [0.15, 0.2) is 36.7 Å². The van der Waals surface area contributed by atoms with Gasteiger partial charge in [0.05, 0.1) is 22.9 Å². The van der Waals surface area contributed by atoms with Crippen molar-refractivity contribution >= 4 is 11.6 Å². The smallest absolute Gasteiger partial charge is 0.388 e. The molecule has 0 aliphatic rings. The third-order valence-electron chi connectivity index (χ3n) is 4.59. The summed E-state index contributed by atoms with van der Waals surface area (Å²) in [4.78, 5) is 8.66. The molecule has 1 aromatic carbocycles. The molecule has 0 aliphatic carbocycles. The Kier molecular flexibility index (Phi) is 5.06. The molecule has 156 valence electrons. The van der Waals surface area contributed by atoms with E-state index in [0.717, 1.165) is 17.8 Å². The molecule has 3 rings (SSSR count). The predicted molar refractivity (Wildman–Crippen MR) is 104 cm³/mol. The summed E-state index contributed by atoms with van der Waals surface area (Å²) in [5.41, 5.74) is -1.01. The molecule has 0 bridgehead atoms. The van der Waals surface area contributed by atoms with E-state index in [-0.39, 0.29) is 5.41 Å². The number of benzene rings is 1. The predicted octanol–water partition coefficient (Wildman–Crippen LogP) is 4.36. The van der Waals surface area contributed by atoms with Crippen molar-refractivity contribution in [1.82, 2.24) is 19.6 Å². The molecular formula is C20H24F3N5O. The second-order valence-corrected chi connectivity index (χ2v) is 8.60. The lowest BCUT2D eigenvalue weighted by Crippen LogP contribution is -2.35. The molecule has 0 aliphatic heterocycles. The zero-order valence-corrected chi connectivity index (χ0v) is 16.9. The summed E-state index contributed by atoms with van der Waals surface area (Å²) >= 11 is 0. The third kappa shape index (κ3) is 4.50. The van der Waals surface area contributed by atoms with Crippen LogP contribution in [0.3, 0.4) is 0 Å². The molecule has 0 saturated carbocycles. The quantitative estimate of drug-likeness (QED) is 0.672. The summed E-state index contributed by atoms with van der Waals surface area (Å²) < 4.78 is 40.2. The Bertz CT molecular complexity index is 998. The largest absolute Gasteiger partial charge is 0.416 e. The van der Waals surface area contributed by atoms with Gasteiger partial charge in [0, 0.05) is 11.5 Å². The molecule has 1 atom stereocenters. The molecule has 0 fully saturated rings. The average molecular weight is 407 g/mol. The second-order valence-electron chi connectivity index (χ2n) is 8.60. The molecular weight excluding hydrogens is 383 g/mol. The van der Waals surface area contributed by atoms with Crippen LogP contribution in [-0.4, -0.2) is 30.3 Å². The highest BCUT2D eigenvalue weighted by atomic mass is 19.4. The molecule has 0 amide bonds. The van der Waals surface area contributed by atoms with Gasteiger partial charge in [0.2, 0.25) is 0 Å². The number of aliphatic hydroxyl groups is 1. The number of fused-ring (bicyclic) bond motifs is 1. The van der Waals surface area contributed by atoms with Crippen molar-refractivity contribution in [1.29, 1.82) is 0 Å². The highest BCUT2D eigenvalue weighted by Gasteiger charge is 2.33. The number of anilines is 1. The van der Waals surface area contributed by atoms with Crippen LogP contribution >= 0.6 is 0 Å². The molecule has 1 unspecified atom stereocenters. The number of rotatable bonds is 4. The van der Waals surface area contributed by atoms with Crippen LogP contribution in [0.4, 0.5) is 19.0 Å². The molecule has 3 aromatic rings. The van der Waals surface area contributed by atoms with E-state index >= 15 is 0 Å². The lowest BCUT2D eigenvalue weighted by molar-refractivity contribution is -0.137. The Labute approximate surface area is 166 Å². The van der Waals surface area contributed by atoms with Crippen LogP contribution < -0.4 is 5.32 Å². The van der Waals surface area contributed by atoms with Crippen molar-refractivity contribution in [3.8, 4) is 0 Å². The average Bonchev–Trinajstić information content (AvgIpc) is 3.05.